The van der Waals surface area contributed by atoms with Gasteiger partial charge in [0.05, 0.1) is 17.3 Å². The summed E-state index contributed by atoms with van der Waals surface area (Å²) in [5.74, 6) is -0.302. The van der Waals surface area contributed by atoms with Gasteiger partial charge >= 0.3 is 18.4 Å². The predicted molar refractivity (Wildman–Crippen MR) is 91.7 cm³/mol. The Labute approximate surface area is 160 Å². The molecule has 1 saturated heterocycles. The van der Waals surface area contributed by atoms with Crippen LogP contribution in [0.3, 0.4) is 0 Å². The molecule has 2 amide bonds. The van der Waals surface area contributed by atoms with Gasteiger partial charge in [-0.15, -0.1) is 0 Å². The lowest BCUT2D eigenvalue weighted by atomic mass is 10.1. The Bertz CT molecular complexity index is 773. The second-order valence-electron chi connectivity index (χ2n) is 7.11. The van der Waals surface area contributed by atoms with E-state index < -0.39 is 41.7 Å². The summed E-state index contributed by atoms with van der Waals surface area (Å²) in [6.45, 7) is 9.67. The summed E-state index contributed by atoms with van der Waals surface area (Å²) in [5.41, 5.74) is -2.08. The van der Waals surface area contributed by atoms with Gasteiger partial charge in [0, 0.05) is 6.07 Å². The number of rotatable bonds is 4. The second kappa shape index (κ2) is 7.69. The van der Waals surface area contributed by atoms with Gasteiger partial charge in [0.2, 0.25) is 5.88 Å². The molecule has 2 rings (SSSR count). The van der Waals surface area contributed by atoms with E-state index in [-0.39, 0.29) is 18.2 Å². The van der Waals surface area contributed by atoms with E-state index in [9.17, 15) is 22.8 Å². The van der Waals surface area contributed by atoms with Crippen LogP contribution >= 0.6 is 0 Å². The third-order valence-electron chi connectivity index (χ3n) is 3.65. The lowest BCUT2D eigenvalue weighted by molar-refractivity contribution is -0.137. The number of halogens is 3. The fourth-order valence-corrected chi connectivity index (χ4v) is 2.48. The maximum Gasteiger partial charge on any atom is 0.420 e. The zero-order chi connectivity index (χ0) is 21.3. The van der Waals surface area contributed by atoms with Crippen molar-refractivity contribution in [1.29, 1.82) is 0 Å². The average molecular weight is 402 g/mol. The van der Waals surface area contributed by atoms with Gasteiger partial charge in [-0.05, 0) is 33.8 Å². The van der Waals surface area contributed by atoms with E-state index in [1.807, 2.05) is 0 Å². The van der Waals surface area contributed by atoms with Gasteiger partial charge in [0.25, 0.3) is 0 Å². The SMILES string of the molecule is C=CCOc1cc(C(F)(F)F)cc(C2OC(=O)N(C(=O)OC(C)(C)C)C2C)n1. The molecule has 2 heterocycles. The number of nitrogens with zero attached hydrogens (tertiary/aromatic N) is 2. The fourth-order valence-electron chi connectivity index (χ4n) is 2.48. The third-order valence-corrected chi connectivity index (χ3v) is 3.65. The lowest BCUT2D eigenvalue weighted by Crippen LogP contribution is -2.41. The number of amides is 2. The molecule has 1 aromatic rings. The molecule has 0 bridgehead atoms. The number of alkyl halides is 3. The summed E-state index contributed by atoms with van der Waals surface area (Å²) in [5, 5.41) is 0. The van der Waals surface area contributed by atoms with Gasteiger partial charge in [-0.1, -0.05) is 12.7 Å². The number of pyridine rings is 1. The van der Waals surface area contributed by atoms with Crippen LogP contribution in [0.1, 0.15) is 45.1 Å². The number of carbonyl (C=O) groups is 2. The Morgan fingerprint density at radius 3 is 2.54 bits per heavy atom. The summed E-state index contributed by atoms with van der Waals surface area (Å²) in [6.07, 6.45) is -6.51. The van der Waals surface area contributed by atoms with E-state index >= 15 is 0 Å². The maximum atomic E-state index is 13.2. The first-order valence-corrected chi connectivity index (χ1v) is 8.39. The number of hydrogen-bond acceptors (Lipinski definition) is 6. The zero-order valence-electron chi connectivity index (χ0n) is 15.9. The molecule has 1 aromatic heterocycles. The first kappa shape index (κ1) is 21.5. The van der Waals surface area contributed by atoms with Gasteiger partial charge < -0.3 is 14.2 Å². The largest absolute Gasteiger partial charge is 0.473 e. The minimum absolute atomic E-state index is 0.0577. The Hall–Kier alpha value is -2.78. The van der Waals surface area contributed by atoms with Crippen LogP contribution in [0.4, 0.5) is 22.8 Å². The van der Waals surface area contributed by atoms with Crippen molar-refractivity contribution in [3.8, 4) is 5.88 Å². The fraction of sp³-hybridized carbons (Fsp3) is 0.500. The van der Waals surface area contributed by atoms with E-state index in [1.165, 1.54) is 13.0 Å². The molecular formula is C18H21F3N2O5. The number of carbonyl (C=O) groups excluding carboxylic acids is 2. The second-order valence-corrected chi connectivity index (χ2v) is 7.11. The van der Waals surface area contributed by atoms with Crippen molar-refractivity contribution in [1.82, 2.24) is 9.88 Å². The van der Waals surface area contributed by atoms with Crippen LogP contribution in [-0.4, -0.2) is 40.3 Å². The zero-order valence-corrected chi connectivity index (χ0v) is 15.9. The third kappa shape index (κ3) is 4.93. The first-order valence-electron chi connectivity index (χ1n) is 8.39. The van der Waals surface area contributed by atoms with Gasteiger partial charge in [0.15, 0.2) is 6.10 Å². The molecule has 0 saturated carbocycles. The van der Waals surface area contributed by atoms with Crippen molar-refractivity contribution < 1.29 is 37.0 Å². The molecule has 1 fully saturated rings. The molecule has 0 spiro atoms. The van der Waals surface area contributed by atoms with Crippen molar-refractivity contribution in [2.45, 2.75) is 51.6 Å². The number of imide groups is 1. The normalized spacial score (nSPS) is 20.0. The molecule has 0 aliphatic carbocycles. The number of hydrogen-bond donors (Lipinski definition) is 0. The Morgan fingerprint density at radius 2 is 2.00 bits per heavy atom. The minimum Gasteiger partial charge on any atom is -0.473 e. The van der Waals surface area contributed by atoms with Gasteiger partial charge in [-0.2, -0.15) is 13.2 Å². The summed E-state index contributed by atoms with van der Waals surface area (Å²) >= 11 is 0. The first-order chi connectivity index (χ1) is 12.8. The van der Waals surface area contributed by atoms with Crippen molar-refractivity contribution in [3.63, 3.8) is 0 Å². The monoisotopic (exact) mass is 402 g/mol. The molecule has 7 nitrogen and oxygen atoms in total. The molecule has 2 unspecified atom stereocenters. The van der Waals surface area contributed by atoms with Crippen molar-refractivity contribution in [2.24, 2.45) is 0 Å². The number of aromatic nitrogens is 1. The van der Waals surface area contributed by atoms with Crippen LogP contribution in [0.15, 0.2) is 24.8 Å². The summed E-state index contributed by atoms with van der Waals surface area (Å²) in [7, 11) is 0. The molecule has 0 N–H and O–H groups in total. The highest BCUT2D eigenvalue weighted by atomic mass is 19.4. The van der Waals surface area contributed by atoms with E-state index in [4.69, 9.17) is 14.2 Å². The van der Waals surface area contributed by atoms with E-state index in [0.29, 0.717) is 4.90 Å². The van der Waals surface area contributed by atoms with Crippen molar-refractivity contribution >= 4 is 12.2 Å². The highest BCUT2D eigenvalue weighted by Crippen LogP contribution is 2.37. The van der Waals surface area contributed by atoms with E-state index in [2.05, 4.69) is 11.6 Å². The smallest absolute Gasteiger partial charge is 0.420 e. The van der Waals surface area contributed by atoms with Crippen LogP contribution in [0.2, 0.25) is 0 Å². The summed E-state index contributed by atoms with van der Waals surface area (Å²) in [4.78, 5) is 29.1. The lowest BCUT2D eigenvalue weighted by Gasteiger charge is -2.24. The Balaban J connectivity index is 2.37. The molecule has 1 aliphatic heterocycles. The number of ether oxygens (including phenoxy) is 3. The maximum absolute atomic E-state index is 13.2. The van der Waals surface area contributed by atoms with Gasteiger partial charge in [-0.25, -0.2) is 19.5 Å². The average Bonchev–Trinajstić information content (AvgIpc) is 2.85. The molecular weight excluding hydrogens is 381 g/mol. The molecule has 0 aromatic carbocycles. The van der Waals surface area contributed by atoms with Crippen LogP contribution in [0, 0.1) is 0 Å². The number of cyclic esters (lactones) is 1. The van der Waals surface area contributed by atoms with Crippen molar-refractivity contribution in [2.75, 3.05) is 6.61 Å². The van der Waals surface area contributed by atoms with Crippen LogP contribution in [0.5, 0.6) is 5.88 Å². The van der Waals surface area contributed by atoms with E-state index in [1.54, 1.807) is 20.8 Å². The topological polar surface area (TPSA) is 78.0 Å². The predicted octanol–water partition coefficient (Wildman–Crippen LogP) is 4.48. The molecule has 0 radical (unpaired) electrons. The van der Waals surface area contributed by atoms with Crippen LogP contribution in [-0.2, 0) is 15.7 Å². The molecule has 1 aliphatic rings. The summed E-state index contributed by atoms with van der Waals surface area (Å²) < 4.78 is 55.1. The quantitative estimate of drug-likeness (QED) is 0.691. The molecule has 28 heavy (non-hydrogen) atoms. The summed E-state index contributed by atoms with van der Waals surface area (Å²) in [6, 6.07) is 0.555. The minimum atomic E-state index is -4.67. The molecule has 154 valence electrons. The Kier molecular flexibility index (Phi) is 5.91. The molecule has 2 atom stereocenters. The van der Waals surface area contributed by atoms with Gasteiger partial charge in [0.1, 0.15) is 12.2 Å². The molecule has 10 heteroatoms. The Morgan fingerprint density at radius 1 is 1.36 bits per heavy atom. The van der Waals surface area contributed by atoms with Gasteiger partial charge in [-0.3, -0.25) is 0 Å². The van der Waals surface area contributed by atoms with Crippen LogP contribution in [0.25, 0.3) is 0 Å². The highest BCUT2D eigenvalue weighted by molar-refractivity contribution is 5.90. The van der Waals surface area contributed by atoms with Crippen molar-refractivity contribution in [3.05, 3.63) is 36.0 Å². The van der Waals surface area contributed by atoms with E-state index in [0.717, 1.165) is 12.1 Å². The van der Waals surface area contributed by atoms with Crippen LogP contribution < -0.4 is 4.74 Å². The standard InChI is InChI=1S/C18H21F3N2O5/c1-6-7-26-13-9-11(18(19,20)21)8-12(22-13)14-10(2)23(15(24)27-14)16(25)28-17(3,4)5/h6,8-10,14H,1,7H2,2-5H3. The highest BCUT2D eigenvalue weighted by Gasteiger charge is 2.46.